The van der Waals surface area contributed by atoms with Gasteiger partial charge in [-0.25, -0.2) is 0 Å². The molecule has 1 aromatic carbocycles. The van der Waals surface area contributed by atoms with Crippen molar-refractivity contribution in [2.24, 2.45) is 0 Å². The van der Waals surface area contributed by atoms with E-state index in [0.29, 0.717) is 10.4 Å². The van der Waals surface area contributed by atoms with E-state index in [0.717, 1.165) is 0 Å². The van der Waals surface area contributed by atoms with Gasteiger partial charge in [-0.3, -0.25) is 4.79 Å². The van der Waals surface area contributed by atoms with Gasteiger partial charge in [0.15, 0.2) is 0 Å². The molecule has 70 valence electrons. The highest BCUT2D eigenvalue weighted by molar-refractivity contribution is 7.12. The van der Waals surface area contributed by atoms with Gasteiger partial charge in [0.05, 0.1) is 0 Å². The van der Waals surface area contributed by atoms with E-state index in [1.807, 2.05) is 6.07 Å². The first kappa shape index (κ1) is 8.97. The van der Waals surface area contributed by atoms with Gasteiger partial charge in [0.25, 0.3) is 0 Å². The zero-order chi connectivity index (χ0) is 9.97. The molecule has 0 spiro atoms. The molecule has 0 aliphatic carbocycles. The van der Waals surface area contributed by atoms with E-state index in [9.17, 15) is 9.90 Å². The summed E-state index contributed by atoms with van der Waals surface area (Å²) in [5.41, 5.74) is 0.602. The fourth-order valence-corrected chi connectivity index (χ4v) is 1.94. The molecule has 14 heavy (non-hydrogen) atoms. The smallest absolute Gasteiger partial charge is 0.206 e. The molecule has 2 aromatic rings. The van der Waals surface area contributed by atoms with Crippen LogP contribution in [0.4, 0.5) is 0 Å². The van der Waals surface area contributed by atoms with Crippen LogP contribution in [0.3, 0.4) is 0 Å². The summed E-state index contributed by atoms with van der Waals surface area (Å²) in [6.45, 7) is 0. The second-order valence-corrected chi connectivity index (χ2v) is 3.75. The third kappa shape index (κ3) is 1.54. The predicted molar refractivity (Wildman–Crippen MR) is 55.9 cm³/mol. The van der Waals surface area contributed by atoms with Crippen molar-refractivity contribution in [3.63, 3.8) is 0 Å². The third-order valence-electron chi connectivity index (χ3n) is 1.89. The molecule has 2 nitrogen and oxygen atoms in total. The average molecular weight is 204 g/mol. The van der Waals surface area contributed by atoms with Crippen molar-refractivity contribution < 1.29 is 9.90 Å². The zero-order valence-electron chi connectivity index (χ0n) is 7.31. The first-order chi connectivity index (χ1) is 6.79. The van der Waals surface area contributed by atoms with Crippen molar-refractivity contribution in [2.75, 3.05) is 0 Å². The van der Waals surface area contributed by atoms with E-state index in [1.54, 1.807) is 29.6 Å². The van der Waals surface area contributed by atoms with Crippen molar-refractivity contribution in [3.05, 3.63) is 52.2 Å². The molecule has 2 rings (SSSR count). The summed E-state index contributed by atoms with van der Waals surface area (Å²) in [6, 6.07) is 10.5. The van der Waals surface area contributed by atoms with E-state index in [-0.39, 0.29) is 11.5 Å². The lowest BCUT2D eigenvalue weighted by atomic mass is 10.1. The van der Waals surface area contributed by atoms with Crippen LogP contribution < -0.4 is 0 Å². The summed E-state index contributed by atoms with van der Waals surface area (Å²) < 4.78 is 0. The summed E-state index contributed by atoms with van der Waals surface area (Å²) in [6.07, 6.45) is 0. The summed E-state index contributed by atoms with van der Waals surface area (Å²) in [5.74, 6) is -0.0676. The van der Waals surface area contributed by atoms with Crippen LogP contribution in [0, 0.1) is 0 Å². The normalized spacial score (nSPS) is 10.0. The number of hydrogen-bond acceptors (Lipinski definition) is 3. The first-order valence-corrected chi connectivity index (χ1v) is 5.03. The highest BCUT2D eigenvalue weighted by atomic mass is 32.1. The molecule has 0 saturated heterocycles. The van der Waals surface area contributed by atoms with E-state index in [4.69, 9.17) is 0 Å². The lowest BCUT2D eigenvalue weighted by molar-refractivity contribution is 0.104. The topological polar surface area (TPSA) is 37.3 Å². The van der Waals surface area contributed by atoms with Crippen LogP contribution in [0.1, 0.15) is 15.2 Å². The highest BCUT2D eigenvalue weighted by Crippen LogP contribution is 2.25. The van der Waals surface area contributed by atoms with Crippen molar-refractivity contribution in [2.45, 2.75) is 0 Å². The predicted octanol–water partition coefficient (Wildman–Crippen LogP) is 2.68. The quantitative estimate of drug-likeness (QED) is 0.763. The van der Waals surface area contributed by atoms with Crippen LogP contribution in [0.2, 0.25) is 0 Å². The van der Waals surface area contributed by atoms with Crippen LogP contribution in [0.5, 0.6) is 5.75 Å². The minimum Gasteiger partial charge on any atom is -0.506 e. The second-order valence-electron chi connectivity index (χ2n) is 2.83. The van der Waals surface area contributed by atoms with Gasteiger partial charge in [0.2, 0.25) is 5.78 Å². The molecule has 0 aliphatic rings. The largest absolute Gasteiger partial charge is 0.506 e. The Morgan fingerprint density at radius 2 is 1.86 bits per heavy atom. The monoisotopic (exact) mass is 204 g/mol. The molecule has 0 fully saturated rings. The fraction of sp³-hybridized carbons (Fsp3) is 0. The average Bonchev–Trinajstić information content (AvgIpc) is 2.65. The molecule has 3 heteroatoms. The molecular weight excluding hydrogens is 196 g/mol. The van der Waals surface area contributed by atoms with Gasteiger partial charge >= 0.3 is 0 Å². The van der Waals surface area contributed by atoms with Gasteiger partial charge in [0.1, 0.15) is 10.6 Å². The Hall–Kier alpha value is -1.61. The Kier molecular flexibility index (Phi) is 2.33. The SMILES string of the molecule is O=C(c1ccccc1)c1sccc1O. The maximum absolute atomic E-state index is 11.8. The Morgan fingerprint density at radius 1 is 1.14 bits per heavy atom. The van der Waals surface area contributed by atoms with Crippen molar-refractivity contribution >= 4 is 17.1 Å². The number of rotatable bonds is 2. The Balaban J connectivity index is 2.39. The number of aromatic hydroxyl groups is 1. The molecule has 0 atom stereocenters. The molecule has 1 aromatic heterocycles. The molecule has 0 saturated carbocycles. The van der Waals surface area contributed by atoms with Crippen LogP contribution in [0.25, 0.3) is 0 Å². The summed E-state index contributed by atoms with van der Waals surface area (Å²) in [5, 5.41) is 11.1. The second kappa shape index (κ2) is 3.64. The summed E-state index contributed by atoms with van der Waals surface area (Å²) in [7, 11) is 0. The first-order valence-electron chi connectivity index (χ1n) is 4.15. The number of carbonyl (C=O) groups is 1. The Morgan fingerprint density at radius 3 is 2.43 bits per heavy atom. The maximum atomic E-state index is 11.8. The molecule has 0 unspecified atom stereocenters. The highest BCUT2D eigenvalue weighted by Gasteiger charge is 2.13. The number of ketones is 1. The summed E-state index contributed by atoms with van der Waals surface area (Å²) >= 11 is 1.25. The van der Waals surface area contributed by atoms with Gasteiger partial charge in [-0.05, 0) is 11.4 Å². The van der Waals surface area contributed by atoms with E-state index in [2.05, 4.69) is 0 Å². The van der Waals surface area contributed by atoms with E-state index in [1.165, 1.54) is 17.4 Å². The third-order valence-corrected chi connectivity index (χ3v) is 2.79. The number of carbonyl (C=O) groups excluding carboxylic acids is 1. The lowest BCUT2D eigenvalue weighted by Crippen LogP contribution is -1.97. The molecule has 1 heterocycles. The fourth-order valence-electron chi connectivity index (χ4n) is 1.19. The van der Waals surface area contributed by atoms with Gasteiger partial charge in [-0.15, -0.1) is 11.3 Å². The van der Waals surface area contributed by atoms with Gasteiger partial charge in [0, 0.05) is 5.56 Å². The molecule has 0 bridgehead atoms. The van der Waals surface area contributed by atoms with Crippen LogP contribution >= 0.6 is 11.3 Å². The van der Waals surface area contributed by atoms with Crippen LogP contribution in [-0.2, 0) is 0 Å². The number of benzene rings is 1. The molecule has 0 radical (unpaired) electrons. The van der Waals surface area contributed by atoms with Crippen LogP contribution in [0.15, 0.2) is 41.8 Å². The Labute approximate surface area is 85.4 Å². The standard InChI is InChI=1S/C11H8O2S/c12-9-6-7-14-11(9)10(13)8-4-2-1-3-5-8/h1-7,12H. The molecular formula is C11H8O2S. The van der Waals surface area contributed by atoms with E-state index >= 15 is 0 Å². The van der Waals surface area contributed by atoms with Crippen LogP contribution in [-0.4, -0.2) is 10.9 Å². The molecule has 1 N–H and O–H groups in total. The number of hydrogen-bond donors (Lipinski definition) is 1. The lowest BCUT2D eigenvalue weighted by Gasteiger charge is -1.97. The van der Waals surface area contributed by atoms with E-state index < -0.39 is 0 Å². The van der Waals surface area contributed by atoms with Crippen molar-refractivity contribution in [1.29, 1.82) is 0 Å². The van der Waals surface area contributed by atoms with Gasteiger partial charge in [-0.1, -0.05) is 30.3 Å². The Bertz CT molecular complexity index is 445. The van der Waals surface area contributed by atoms with Gasteiger partial charge < -0.3 is 5.11 Å². The molecule has 0 amide bonds. The summed E-state index contributed by atoms with van der Waals surface area (Å²) in [4.78, 5) is 12.2. The minimum absolute atomic E-state index is 0.0591. The van der Waals surface area contributed by atoms with Crippen molar-refractivity contribution in [3.8, 4) is 5.75 Å². The van der Waals surface area contributed by atoms with Crippen molar-refractivity contribution in [1.82, 2.24) is 0 Å². The molecule has 0 aliphatic heterocycles. The number of thiophene rings is 1. The maximum Gasteiger partial charge on any atom is 0.206 e. The zero-order valence-corrected chi connectivity index (χ0v) is 8.12. The van der Waals surface area contributed by atoms with Gasteiger partial charge in [-0.2, -0.15) is 0 Å². The minimum atomic E-state index is -0.127.